The average Bonchev–Trinajstić information content (AvgIpc) is 3.33. The molecule has 0 spiro atoms. The minimum Gasteiger partial charge on any atom is -0.391 e. The van der Waals surface area contributed by atoms with Gasteiger partial charge >= 0.3 is 12.3 Å². The summed E-state index contributed by atoms with van der Waals surface area (Å²) < 4.78 is 44.2. The molecule has 1 aromatic carbocycles. The van der Waals surface area contributed by atoms with E-state index in [9.17, 15) is 18.0 Å². The summed E-state index contributed by atoms with van der Waals surface area (Å²) in [6.45, 7) is 0. The zero-order valence-electron chi connectivity index (χ0n) is 14.3. The molecule has 1 amide bonds. The summed E-state index contributed by atoms with van der Waals surface area (Å²) in [4.78, 5) is 16.5. The summed E-state index contributed by atoms with van der Waals surface area (Å²) in [5, 5.41) is 6.75. The second kappa shape index (κ2) is 6.97. The maximum absolute atomic E-state index is 12.5. The number of amides is 1. The third-order valence-corrected chi connectivity index (χ3v) is 4.42. The van der Waals surface area contributed by atoms with E-state index in [-0.39, 0.29) is 22.3 Å². The van der Waals surface area contributed by atoms with E-state index in [0.717, 1.165) is 18.4 Å². The lowest BCUT2D eigenvalue weighted by Crippen LogP contribution is -2.19. The highest BCUT2D eigenvalue weighted by molar-refractivity contribution is 6.29. The van der Waals surface area contributed by atoms with Crippen molar-refractivity contribution in [3.63, 3.8) is 0 Å². The van der Waals surface area contributed by atoms with E-state index in [0.29, 0.717) is 11.6 Å². The van der Waals surface area contributed by atoms with Gasteiger partial charge in [-0.2, -0.15) is 22.8 Å². The SMILES string of the molecule is O=C(Nc1cccc(CC(F)(F)F)c1)Oc1cc(Cl)nc2c(C3CC3)cnn12. The van der Waals surface area contributed by atoms with Crippen molar-refractivity contribution in [1.82, 2.24) is 14.6 Å². The molecule has 1 saturated carbocycles. The maximum Gasteiger partial charge on any atom is 0.418 e. The Kier molecular flexibility index (Phi) is 4.62. The number of hydrogen-bond acceptors (Lipinski definition) is 4. The molecule has 28 heavy (non-hydrogen) atoms. The van der Waals surface area contributed by atoms with E-state index in [4.69, 9.17) is 16.3 Å². The van der Waals surface area contributed by atoms with Gasteiger partial charge in [0.05, 0.1) is 12.6 Å². The summed E-state index contributed by atoms with van der Waals surface area (Å²) in [7, 11) is 0. The summed E-state index contributed by atoms with van der Waals surface area (Å²) in [6.07, 6.45) is -2.55. The van der Waals surface area contributed by atoms with Gasteiger partial charge in [-0.1, -0.05) is 23.7 Å². The first-order chi connectivity index (χ1) is 13.3. The van der Waals surface area contributed by atoms with Crippen molar-refractivity contribution in [3.05, 3.63) is 52.8 Å². The highest BCUT2D eigenvalue weighted by Crippen LogP contribution is 2.42. The first-order valence-electron chi connectivity index (χ1n) is 8.47. The van der Waals surface area contributed by atoms with Crippen LogP contribution >= 0.6 is 11.6 Å². The van der Waals surface area contributed by atoms with E-state index in [2.05, 4.69) is 15.4 Å². The third kappa shape index (κ3) is 4.19. The third-order valence-electron chi connectivity index (χ3n) is 4.23. The van der Waals surface area contributed by atoms with Gasteiger partial charge in [-0.15, -0.1) is 0 Å². The van der Waals surface area contributed by atoms with Crippen molar-refractivity contribution in [1.29, 1.82) is 0 Å². The molecular formula is C18H14ClF3N4O2. The first-order valence-corrected chi connectivity index (χ1v) is 8.85. The number of anilines is 1. The van der Waals surface area contributed by atoms with E-state index >= 15 is 0 Å². The molecule has 0 unspecified atom stereocenters. The molecule has 1 fully saturated rings. The van der Waals surface area contributed by atoms with E-state index in [1.807, 2.05) is 0 Å². The first kappa shape index (κ1) is 18.5. The molecule has 3 aromatic rings. The number of aromatic nitrogens is 3. The molecule has 0 radical (unpaired) electrons. The van der Waals surface area contributed by atoms with Gasteiger partial charge in [0, 0.05) is 17.3 Å². The number of hydrogen-bond donors (Lipinski definition) is 1. The van der Waals surface area contributed by atoms with Crippen molar-refractivity contribution in [2.75, 3.05) is 5.32 Å². The number of benzene rings is 1. The Balaban J connectivity index is 1.52. The van der Waals surface area contributed by atoms with E-state index in [1.54, 1.807) is 6.20 Å². The number of nitrogens with one attached hydrogen (secondary N) is 1. The molecule has 10 heteroatoms. The highest BCUT2D eigenvalue weighted by atomic mass is 35.5. The molecule has 2 heterocycles. The maximum atomic E-state index is 12.5. The molecule has 0 bridgehead atoms. The molecule has 4 rings (SSSR count). The van der Waals surface area contributed by atoms with Gasteiger partial charge < -0.3 is 4.74 Å². The Morgan fingerprint density at radius 1 is 1.32 bits per heavy atom. The molecule has 6 nitrogen and oxygen atoms in total. The molecule has 1 aliphatic rings. The Bertz CT molecular complexity index is 1050. The van der Waals surface area contributed by atoms with Crippen LogP contribution in [0.3, 0.4) is 0 Å². The van der Waals surface area contributed by atoms with Crippen LogP contribution < -0.4 is 10.1 Å². The normalized spacial score (nSPS) is 14.3. The molecule has 0 saturated heterocycles. The minimum absolute atomic E-state index is 0.0285. The molecule has 0 aliphatic heterocycles. The Hall–Kier alpha value is -2.81. The summed E-state index contributed by atoms with van der Waals surface area (Å²) in [5.74, 6) is 0.437. The quantitative estimate of drug-likeness (QED) is 0.616. The predicted octanol–water partition coefficient (Wildman–Crippen LogP) is 4.98. The number of halogens is 4. The van der Waals surface area contributed by atoms with E-state index < -0.39 is 18.7 Å². The van der Waals surface area contributed by atoms with Crippen molar-refractivity contribution in [2.45, 2.75) is 31.4 Å². The Morgan fingerprint density at radius 3 is 2.82 bits per heavy atom. The molecule has 146 valence electrons. The Morgan fingerprint density at radius 2 is 2.11 bits per heavy atom. The van der Waals surface area contributed by atoms with Crippen molar-refractivity contribution in [3.8, 4) is 5.88 Å². The Labute approximate surface area is 162 Å². The van der Waals surface area contributed by atoms with Crippen LogP contribution in [0.1, 0.15) is 29.9 Å². The molecule has 1 aliphatic carbocycles. The summed E-state index contributed by atoms with van der Waals surface area (Å²) in [5.41, 5.74) is 1.67. The van der Waals surface area contributed by atoms with Gasteiger partial charge in [0.25, 0.3) is 0 Å². The molecule has 1 N–H and O–H groups in total. The fourth-order valence-electron chi connectivity index (χ4n) is 2.91. The minimum atomic E-state index is -4.34. The predicted molar refractivity (Wildman–Crippen MR) is 95.8 cm³/mol. The van der Waals surface area contributed by atoms with Crippen LogP contribution in [0.15, 0.2) is 36.5 Å². The molecule has 0 atom stereocenters. The van der Waals surface area contributed by atoms with Gasteiger partial charge in [0.2, 0.25) is 5.88 Å². The standard InChI is InChI=1S/C18H14ClF3N4O2/c19-14-7-15(26-16(25-14)13(9-23-26)11-4-5-11)28-17(27)24-12-3-1-2-10(6-12)8-18(20,21)22/h1-3,6-7,9,11H,4-5,8H2,(H,24,27). The van der Waals surface area contributed by atoms with Gasteiger partial charge in [-0.3, -0.25) is 5.32 Å². The van der Waals surface area contributed by atoms with Crippen LogP contribution in [0.5, 0.6) is 5.88 Å². The molecule has 2 aromatic heterocycles. The second-order valence-corrected chi connectivity index (χ2v) is 6.92. The zero-order chi connectivity index (χ0) is 19.9. The van der Waals surface area contributed by atoms with Crippen molar-refractivity contribution >= 4 is 29.0 Å². The number of nitrogens with zero attached hydrogens (tertiary/aromatic N) is 3. The van der Waals surface area contributed by atoms with E-state index in [1.165, 1.54) is 34.8 Å². The summed E-state index contributed by atoms with van der Waals surface area (Å²) in [6, 6.07) is 6.81. The van der Waals surface area contributed by atoms with Crippen LogP contribution in [0.25, 0.3) is 5.65 Å². The van der Waals surface area contributed by atoms with Crippen LogP contribution in [0.4, 0.5) is 23.7 Å². The lowest BCUT2D eigenvalue weighted by molar-refractivity contribution is -0.127. The lowest BCUT2D eigenvalue weighted by atomic mass is 10.1. The monoisotopic (exact) mass is 410 g/mol. The number of ether oxygens (including phenoxy) is 1. The van der Waals surface area contributed by atoms with Crippen molar-refractivity contribution < 1.29 is 22.7 Å². The number of rotatable bonds is 4. The highest BCUT2D eigenvalue weighted by Gasteiger charge is 2.29. The fourth-order valence-corrected chi connectivity index (χ4v) is 3.08. The zero-order valence-corrected chi connectivity index (χ0v) is 15.1. The van der Waals surface area contributed by atoms with Crippen molar-refractivity contribution in [2.24, 2.45) is 0 Å². The van der Waals surface area contributed by atoms with Gasteiger partial charge in [0.15, 0.2) is 5.65 Å². The van der Waals surface area contributed by atoms with Gasteiger partial charge in [-0.05, 0) is 36.5 Å². The second-order valence-electron chi connectivity index (χ2n) is 6.53. The number of carbonyl (C=O) groups excluding carboxylic acids is 1. The van der Waals surface area contributed by atoms with Crippen LogP contribution in [-0.4, -0.2) is 26.9 Å². The smallest absolute Gasteiger partial charge is 0.391 e. The van der Waals surface area contributed by atoms with Crippen LogP contribution in [0, 0.1) is 0 Å². The van der Waals surface area contributed by atoms with Gasteiger partial charge in [0.1, 0.15) is 5.15 Å². The molecular weight excluding hydrogens is 397 g/mol. The largest absolute Gasteiger partial charge is 0.418 e. The topological polar surface area (TPSA) is 68.5 Å². The van der Waals surface area contributed by atoms with Gasteiger partial charge in [-0.25, -0.2) is 9.78 Å². The summed E-state index contributed by atoms with van der Waals surface area (Å²) >= 11 is 6.03. The van der Waals surface area contributed by atoms with Crippen LogP contribution in [0.2, 0.25) is 5.15 Å². The number of alkyl halides is 3. The lowest BCUT2D eigenvalue weighted by Gasteiger charge is -2.10. The number of fused-ring (bicyclic) bond motifs is 1. The fraction of sp³-hybridized carbons (Fsp3) is 0.278. The van der Waals surface area contributed by atoms with Crippen LogP contribution in [-0.2, 0) is 6.42 Å². The average molecular weight is 411 g/mol. The number of carbonyl (C=O) groups is 1.